The van der Waals surface area contributed by atoms with E-state index in [9.17, 15) is 8.42 Å². The molecular weight excluding hydrogens is 278 g/mol. The van der Waals surface area contributed by atoms with Crippen LogP contribution in [0.25, 0.3) is 0 Å². The van der Waals surface area contributed by atoms with E-state index < -0.39 is 10.1 Å². The molecule has 1 aliphatic heterocycles. The molecule has 6 heteroatoms. The molecule has 0 saturated heterocycles. The zero-order valence-corrected chi connectivity index (χ0v) is 13.2. The number of hydrogen-bond donors (Lipinski definition) is 2. The summed E-state index contributed by atoms with van der Waals surface area (Å²) in [7, 11) is -1.66. The van der Waals surface area contributed by atoms with Crippen LogP contribution >= 0.6 is 0 Å². The van der Waals surface area contributed by atoms with E-state index in [1.807, 2.05) is 19.2 Å². The molecule has 1 heterocycles. The van der Waals surface area contributed by atoms with Crippen LogP contribution in [0.15, 0.2) is 24.3 Å². The van der Waals surface area contributed by atoms with E-state index in [1.165, 1.54) is 12.5 Å². The molecular formula is C14H23NO4S. The van der Waals surface area contributed by atoms with Crippen molar-refractivity contribution >= 4 is 10.1 Å². The van der Waals surface area contributed by atoms with E-state index in [0.717, 1.165) is 12.2 Å². The first-order valence-electron chi connectivity index (χ1n) is 6.59. The lowest BCUT2D eigenvalue weighted by atomic mass is 9.90. The molecule has 0 aliphatic carbocycles. The molecule has 0 radical (unpaired) electrons. The number of nitrogens with one attached hydrogen (secondary N) is 1. The van der Waals surface area contributed by atoms with Gasteiger partial charge in [0.2, 0.25) is 0 Å². The largest absolute Gasteiger partial charge is 0.487 e. The Morgan fingerprint density at radius 2 is 1.95 bits per heavy atom. The molecule has 5 nitrogen and oxygen atoms in total. The fraction of sp³-hybridized carbons (Fsp3) is 0.571. The van der Waals surface area contributed by atoms with Crippen LogP contribution in [0.1, 0.15) is 38.8 Å². The summed E-state index contributed by atoms with van der Waals surface area (Å²) in [6.07, 6.45) is 1.01. The number of fused-ring (bicyclic) bond motifs is 1. The smallest absolute Gasteiger partial charge is 0.264 e. The van der Waals surface area contributed by atoms with E-state index in [4.69, 9.17) is 9.29 Å². The predicted molar refractivity (Wildman–Crippen MR) is 79.7 cm³/mol. The van der Waals surface area contributed by atoms with Crippen LogP contribution in [0.4, 0.5) is 0 Å². The molecule has 0 saturated carbocycles. The summed E-state index contributed by atoms with van der Waals surface area (Å²) in [4.78, 5) is 0. The Kier molecular flexibility index (Phi) is 5.56. The van der Waals surface area contributed by atoms with Gasteiger partial charge in [0.15, 0.2) is 0 Å². The van der Waals surface area contributed by atoms with Crippen LogP contribution in [-0.4, -0.2) is 31.4 Å². The molecule has 1 aromatic carbocycles. The van der Waals surface area contributed by atoms with Gasteiger partial charge in [-0.1, -0.05) is 18.2 Å². The molecule has 20 heavy (non-hydrogen) atoms. The minimum Gasteiger partial charge on any atom is -0.487 e. The highest BCUT2D eigenvalue weighted by Gasteiger charge is 2.32. The molecule has 1 aromatic rings. The number of para-hydroxylation sites is 1. The molecule has 1 unspecified atom stereocenters. The third-order valence-electron chi connectivity index (χ3n) is 3.09. The topological polar surface area (TPSA) is 75.6 Å². The second-order valence-corrected chi connectivity index (χ2v) is 7.06. The Balaban J connectivity index is 0.000000286. The van der Waals surface area contributed by atoms with E-state index >= 15 is 0 Å². The summed E-state index contributed by atoms with van der Waals surface area (Å²) in [6.45, 7) is 5.63. The van der Waals surface area contributed by atoms with Gasteiger partial charge in [0.25, 0.3) is 10.1 Å². The van der Waals surface area contributed by atoms with E-state index in [1.54, 1.807) is 0 Å². The number of hydrogen-bond acceptors (Lipinski definition) is 4. The molecule has 0 spiro atoms. The zero-order valence-electron chi connectivity index (χ0n) is 12.4. The van der Waals surface area contributed by atoms with Gasteiger partial charge in [0.05, 0.1) is 5.75 Å². The van der Waals surface area contributed by atoms with Crippen LogP contribution in [0.3, 0.4) is 0 Å². The fourth-order valence-corrected chi connectivity index (χ4v) is 2.06. The Morgan fingerprint density at radius 1 is 1.40 bits per heavy atom. The van der Waals surface area contributed by atoms with Gasteiger partial charge in [-0.2, -0.15) is 8.42 Å². The van der Waals surface area contributed by atoms with E-state index in [2.05, 4.69) is 31.3 Å². The van der Waals surface area contributed by atoms with Crippen molar-refractivity contribution in [1.29, 1.82) is 0 Å². The summed E-state index contributed by atoms with van der Waals surface area (Å²) < 4.78 is 32.8. The van der Waals surface area contributed by atoms with Gasteiger partial charge in [-0.15, -0.1) is 0 Å². The number of rotatable bonds is 2. The lowest BCUT2D eigenvalue weighted by Gasteiger charge is -2.37. The van der Waals surface area contributed by atoms with Crippen LogP contribution in [-0.2, 0) is 10.1 Å². The molecule has 0 bridgehead atoms. The normalized spacial score (nSPS) is 20.1. The maximum absolute atomic E-state index is 9.56. The molecule has 2 rings (SSSR count). The van der Waals surface area contributed by atoms with Crippen molar-refractivity contribution in [3.63, 3.8) is 0 Å². The van der Waals surface area contributed by atoms with Gasteiger partial charge >= 0.3 is 0 Å². The molecule has 2 N–H and O–H groups in total. The first kappa shape index (κ1) is 16.9. The van der Waals surface area contributed by atoms with Gasteiger partial charge in [0.1, 0.15) is 11.4 Å². The van der Waals surface area contributed by atoms with E-state index in [-0.39, 0.29) is 11.4 Å². The molecule has 1 atom stereocenters. The molecule has 1 aliphatic rings. The average Bonchev–Trinajstić information content (AvgIpc) is 2.36. The van der Waals surface area contributed by atoms with E-state index in [0.29, 0.717) is 6.04 Å². The SMILES string of the molecule is CCS(=O)(=O)O.CNC1CC(C)(C)Oc2ccccc21. The summed E-state index contributed by atoms with van der Waals surface area (Å²) in [5, 5.41) is 3.34. The Hall–Kier alpha value is -1.11. The maximum atomic E-state index is 9.56. The van der Waals surface area contributed by atoms with Crippen molar-refractivity contribution in [1.82, 2.24) is 5.32 Å². The molecule has 114 valence electrons. The summed E-state index contributed by atoms with van der Waals surface area (Å²) in [6, 6.07) is 8.67. The number of ether oxygens (including phenoxy) is 1. The highest BCUT2D eigenvalue weighted by molar-refractivity contribution is 7.85. The predicted octanol–water partition coefficient (Wildman–Crippen LogP) is 2.40. The van der Waals surface area contributed by atoms with Crippen molar-refractivity contribution in [2.45, 2.75) is 38.8 Å². The summed E-state index contributed by atoms with van der Waals surface area (Å²) >= 11 is 0. The third-order valence-corrected chi connectivity index (χ3v) is 3.82. The van der Waals surface area contributed by atoms with Crippen LogP contribution in [0, 0.1) is 0 Å². The second kappa shape index (κ2) is 6.56. The molecule has 0 fully saturated rings. The number of benzene rings is 1. The maximum Gasteiger partial charge on any atom is 0.264 e. The Labute approximate surface area is 121 Å². The fourth-order valence-electron chi connectivity index (χ4n) is 2.06. The first-order chi connectivity index (χ1) is 9.18. The van der Waals surface area contributed by atoms with Gasteiger partial charge < -0.3 is 10.1 Å². The van der Waals surface area contributed by atoms with Crippen molar-refractivity contribution in [2.24, 2.45) is 0 Å². The first-order valence-corrected chi connectivity index (χ1v) is 8.20. The minimum atomic E-state index is -3.66. The monoisotopic (exact) mass is 301 g/mol. The minimum absolute atomic E-state index is 0.0674. The lowest BCUT2D eigenvalue weighted by Crippen LogP contribution is -2.38. The van der Waals surface area contributed by atoms with Crippen molar-refractivity contribution in [3.8, 4) is 5.75 Å². The Bertz CT molecular complexity index is 540. The summed E-state index contributed by atoms with van der Waals surface area (Å²) in [5.41, 5.74) is 1.21. The molecule has 0 amide bonds. The highest BCUT2D eigenvalue weighted by atomic mass is 32.2. The standard InChI is InChI=1S/C12H17NO.C2H6O3S/c1-12(2)8-10(13-3)9-6-4-5-7-11(9)14-12;1-2-6(3,4)5/h4-7,10,13H,8H2,1-3H3;2H2,1H3,(H,3,4,5). The van der Waals surface area contributed by atoms with Gasteiger partial charge in [-0.25, -0.2) is 0 Å². The van der Waals surface area contributed by atoms with Crippen molar-refractivity contribution < 1.29 is 17.7 Å². The van der Waals surface area contributed by atoms with Gasteiger partial charge in [0, 0.05) is 18.0 Å². The van der Waals surface area contributed by atoms with Crippen LogP contribution in [0.5, 0.6) is 5.75 Å². The van der Waals surface area contributed by atoms with Crippen molar-refractivity contribution in [2.75, 3.05) is 12.8 Å². The average molecular weight is 301 g/mol. The second-order valence-electron chi connectivity index (χ2n) is 5.32. The van der Waals surface area contributed by atoms with Gasteiger partial charge in [-0.05, 0) is 33.9 Å². The quantitative estimate of drug-likeness (QED) is 0.820. The Morgan fingerprint density at radius 3 is 2.45 bits per heavy atom. The highest BCUT2D eigenvalue weighted by Crippen LogP contribution is 2.38. The zero-order chi connectivity index (χ0) is 15.4. The van der Waals surface area contributed by atoms with Gasteiger partial charge in [-0.3, -0.25) is 4.55 Å². The lowest BCUT2D eigenvalue weighted by molar-refractivity contribution is 0.0675. The molecule has 0 aromatic heterocycles. The van der Waals surface area contributed by atoms with Crippen LogP contribution in [0.2, 0.25) is 0 Å². The summed E-state index contributed by atoms with van der Waals surface area (Å²) in [5.74, 6) is 0.815. The van der Waals surface area contributed by atoms with Crippen molar-refractivity contribution in [3.05, 3.63) is 29.8 Å². The third kappa shape index (κ3) is 5.11. The van der Waals surface area contributed by atoms with Crippen LogP contribution < -0.4 is 10.1 Å².